The van der Waals surface area contributed by atoms with Crippen LogP contribution in [0.1, 0.15) is 30.6 Å². The van der Waals surface area contributed by atoms with Gasteiger partial charge in [-0.3, -0.25) is 14.6 Å². The van der Waals surface area contributed by atoms with Crippen molar-refractivity contribution < 1.29 is 9.59 Å². The van der Waals surface area contributed by atoms with Crippen LogP contribution < -0.4 is 5.32 Å². The van der Waals surface area contributed by atoms with E-state index < -0.39 is 5.41 Å². The van der Waals surface area contributed by atoms with E-state index in [2.05, 4.69) is 44.6 Å². The first-order valence-electron chi connectivity index (χ1n) is 11.3. The fourth-order valence-corrected chi connectivity index (χ4v) is 4.52. The molecule has 1 atom stereocenters. The van der Waals surface area contributed by atoms with Gasteiger partial charge in [-0.05, 0) is 56.4 Å². The molecule has 4 rings (SSSR count). The summed E-state index contributed by atoms with van der Waals surface area (Å²) in [5.74, 6) is 1.32. The molecule has 0 unspecified atom stereocenters. The van der Waals surface area contributed by atoms with E-state index in [1.54, 1.807) is 15.8 Å². The fourth-order valence-electron chi connectivity index (χ4n) is 4.52. The second-order valence-electron chi connectivity index (χ2n) is 8.68. The van der Waals surface area contributed by atoms with Gasteiger partial charge in [-0.15, -0.1) is 0 Å². The van der Waals surface area contributed by atoms with Gasteiger partial charge in [0.2, 0.25) is 11.8 Å². The van der Waals surface area contributed by atoms with Gasteiger partial charge in [0, 0.05) is 32.0 Å². The third-order valence-corrected chi connectivity index (χ3v) is 6.26. The van der Waals surface area contributed by atoms with E-state index in [9.17, 15) is 9.59 Å². The maximum Gasteiger partial charge on any atom is 0.244 e. The molecule has 1 saturated heterocycles. The van der Waals surface area contributed by atoms with Crippen LogP contribution in [0.3, 0.4) is 0 Å². The first kappa shape index (κ1) is 22.6. The second kappa shape index (κ2) is 9.52. The Hall–Kier alpha value is -3.55. The monoisotopic (exact) mass is 446 g/mol. The zero-order valence-corrected chi connectivity index (χ0v) is 19.4. The number of carbonyl (C=O) groups is 2. The molecular weight excluding hydrogens is 416 g/mol. The third kappa shape index (κ3) is 4.94. The van der Waals surface area contributed by atoms with Crippen LogP contribution in [-0.2, 0) is 22.6 Å². The Bertz CT molecular complexity index is 1130. The van der Waals surface area contributed by atoms with Crippen molar-refractivity contribution in [2.75, 3.05) is 19.6 Å². The van der Waals surface area contributed by atoms with E-state index in [0.717, 1.165) is 16.7 Å². The Morgan fingerprint density at radius 3 is 2.55 bits per heavy atom. The highest BCUT2D eigenvalue weighted by atomic mass is 16.2. The number of benzene rings is 1. The maximum absolute atomic E-state index is 13.2. The van der Waals surface area contributed by atoms with Crippen molar-refractivity contribution in [2.45, 2.75) is 40.2 Å². The zero-order valence-electron chi connectivity index (χ0n) is 19.4. The van der Waals surface area contributed by atoms with Gasteiger partial charge < -0.3 is 10.2 Å². The second-order valence-corrected chi connectivity index (χ2v) is 8.68. The minimum atomic E-state index is -0.644. The summed E-state index contributed by atoms with van der Waals surface area (Å²) in [6, 6.07) is 12.2. The van der Waals surface area contributed by atoms with Crippen LogP contribution in [0.2, 0.25) is 0 Å². The summed E-state index contributed by atoms with van der Waals surface area (Å²) < 4.78 is 1.63. The number of nitrogens with one attached hydrogen (secondary N) is 1. The number of aryl methyl sites for hydroxylation is 2. The Morgan fingerprint density at radius 2 is 1.91 bits per heavy atom. The molecule has 3 aromatic rings. The molecular formula is C25H30N6O2. The molecule has 172 valence electrons. The first-order chi connectivity index (χ1) is 15.9. The van der Waals surface area contributed by atoms with Crippen LogP contribution in [0.15, 0.2) is 48.8 Å². The summed E-state index contributed by atoms with van der Waals surface area (Å²) in [4.78, 5) is 36.4. The van der Waals surface area contributed by atoms with Crippen molar-refractivity contribution in [3.63, 3.8) is 0 Å². The lowest BCUT2D eigenvalue weighted by atomic mass is 9.79. The van der Waals surface area contributed by atoms with Gasteiger partial charge >= 0.3 is 0 Å². The lowest BCUT2D eigenvalue weighted by Gasteiger charge is -2.28. The molecule has 0 spiro atoms. The average molecular weight is 447 g/mol. The molecule has 33 heavy (non-hydrogen) atoms. The lowest BCUT2D eigenvalue weighted by molar-refractivity contribution is -0.133. The zero-order chi connectivity index (χ0) is 23.4. The van der Waals surface area contributed by atoms with Crippen molar-refractivity contribution in [3.05, 3.63) is 66.0 Å². The standard InChI is InChI=1S/C25H30N6O2/c1-4-27-24(33)25(14-20-7-9-21(10-8-20)22-6-5-12-26-15-22)11-13-30(17-25)23(32)16-31-19(3)28-18(2)29-31/h5-10,12,15H,4,11,13-14,16-17H2,1-3H3,(H,27,33)/t25-/m0/s1. The molecule has 0 bridgehead atoms. The van der Waals surface area contributed by atoms with Crippen molar-refractivity contribution >= 4 is 11.8 Å². The highest BCUT2D eigenvalue weighted by molar-refractivity contribution is 5.85. The third-order valence-electron chi connectivity index (χ3n) is 6.26. The van der Waals surface area contributed by atoms with Crippen LogP contribution in [0.25, 0.3) is 11.1 Å². The molecule has 2 amide bonds. The van der Waals surface area contributed by atoms with Gasteiger partial charge in [0.15, 0.2) is 0 Å². The molecule has 0 saturated carbocycles. The summed E-state index contributed by atoms with van der Waals surface area (Å²) in [5.41, 5.74) is 2.57. The quantitative estimate of drug-likeness (QED) is 0.602. The molecule has 3 heterocycles. The molecule has 8 nitrogen and oxygen atoms in total. The topological polar surface area (TPSA) is 93.0 Å². The van der Waals surface area contributed by atoms with Gasteiger partial charge in [-0.25, -0.2) is 9.67 Å². The van der Waals surface area contributed by atoms with Crippen LogP contribution in [0.5, 0.6) is 0 Å². The highest BCUT2D eigenvalue weighted by Crippen LogP contribution is 2.35. The van der Waals surface area contributed by atoms with E-state index in [0.29, 0.717) is 44.1 Å². The number of aromatic nitrogens is 4. The van der Waals surface area contributed by atoms with Gasteiger partial charge in [-0.2, -0.15) is 5.10 Å². The molecule has 1 N–H and O–H groups in total. The van der Waals surface area contributed by atoms with Crippen LogP contribution in [-0.4, -0.2) is 56.1 Å². The summed E-state index contributed by atoms with van der Waals surface area (Å²) in [5, 5.41) is 7.29. The largest absolute Gasteiger partial charge is 0.356 e. The molecule has 1 aliphatic heterocycles. The Labute approximate surface area is 194 Å². The van der Waals surface area contributed by atoms with E-state index in [1.807, 2.05) is 39.1 Å². The first-order valence-corrected chi connectivity index (χ1v) is 11.3. The van der Waals surface area contributed by atoms with E-state index in [4.69, 9.17) is 0 Å². The number of amides is 2. The number of hydrogen-bond donors (Lipinski definition) is 1. The maximum atomic E-state index is 13.2. The smallest absolute Gasteiger partial charge is 0.244 e. The predicted octanol–water partition coefficient (Wildman–Crippen LogP) is 2.55. The number of pyridine rings is 1. The van der Waals surface area contributed by atoms with Crippen LogP contribution in [0, 0.1) is 19.3 Å². The van der Waals surface area contributed by atoms with E-state index in [-0.39, 0.29) is 18.4 Å². The molecule has 1 aliphatic rings. The average Bonchev–Trinajstić information content (AvgIpc) is 3.38. The van der Waals surface area contributed by atoms with Gasteiger partial charge in [0.1, 0.15) is 18.2 Å². The molecule has 0 radical (unpaired) electrons. The van der Waals surface area contributed by atoms with Gasteiger partial charge in [-0.1, -0.05) is 30.3 Å². The molecule has 2 aromatic heterocycles. The summed E-state index contributed by atoms with van der Waals surface area (Å²) in [6.07, 6.45) is 4.80. The number of likely N-dealkylation sites (tertiary alicyclic amines) is 1. The normalized spacial score (nSPS) is 17.8. The van der Waals surface area contributed by atoms with Gasteiger partial charge in [0.05, 0.1) is 5.41 Å². The number of nitrogens with zero attached hydrogens (tertiary/aromatic N) is 5. The Balaban J connectivity index is 1.50. The molecule has 8 heteroatoms. The Kier molecular flexibility index (Phi) is 6.53. The van der Waals surface area contributed by atoms with Crippen molar-refractivity contribution in [1.82, 2.24) is 30.0 Å². The van der Waals surface area contributed by atoms with Gasteiger partial charge in [0.25, 0.3) is 0 Å². The lowest BCUT2D eigenvalue weighted by Crippen LogP contribution is -2.45. The summed E-state index contributed by atoms with van der Waals surface area (Å²) in [6.45, 7) is 7.21. The number of rotatable bonds is 7. The minimum Gasteiger partial charge on any atom is -0.356 e. The van der Waals surface area contributed by atoms with Crippen LogP contribution in [0.4, 0.5) is 0 Å². The molecule has 1 fully saturated rings. The summed E-state index contributed by atoms with van der Waals surface area (Å²) >= 11 is 0. The minimum absolute atomic E-state index is 0.00409. The SMILES string of the molecule is CCNC(=O)[C@]1(Cc2ccc(-c3cccnc3)cc2)CCN(C(=O)Cn2nc(C)nc2C)C1. The van der Waals surface area contributed by atoms with E-state index in [1.165, 1.54) is 0 Å². The van der Waals surface area contributed by atoms with Crippen molar-refractivity contribution in [2.24, 2.45) is 5.41 Å². The van der Waals surface area contributed by atoms with Crippen LogP contribution >= 0.6 is 0 Å². The fraction of sp³-hybridized carbons (Fsp3) is 0.400. The molecule has 1 aromatic carbocycles. The Morgan fingerprint density at radius 1 is 1.12 bits per heavy atom. The predicted molar refractivity (Wildman–Crippen MR) is 125 cm³/mol. The van der Waals surface area contributed by atoms with E-state index >= 15 is 0 Å². The number of carbonyl (C=O) groups excluding carboxylic acids is 2. The highest BCUT2D eigenvalue weighted by Gasteiger charge is 2.45. The van der Waals surface area contributed by atoms with Crippen molar-refractivity contribution in [1.29, 1.82) is 0 Å². The number of hydrogen-bond acceptors (Lipinski definition) is 5. The molecule has 0 aliphatic carbocycles. The van der Waals surface area contributed by atoms with Crippen molar-refractivity contribution in [3.8, 4) is 11.1 Å². The summed E-state index contributed by atoms with van der Waals surface area (Å²) in [7, 11) is 0.